The Morgan fingerprint density at radius 1 is 1.20 bits per heavy atom. The molecule has 10 heteroatoms. The standard InChI is InChI=1S/NO3.H3N.H3O4P/c2-1(3)4;;1-5(2,3)4/h;1H3;(H3,1,2,3,4)/q-1;;/p+1. The van der Waals surface area contributed by atoms with Crippen LogP contribution in [0, 0.1) is 15.3 Å². The van der Waals surface area contributed by atoms with E-state index in [1.54, 1.807) is 0 Å². The zero-order chi connectivity index (χ0) is 8.08. The van der Waals surface area contributed by atoms with Crippen molar-refractivity contribution >= 4 is 7.82 Å². The Morgan fingerprint density at radius 2 is 1.20 bits per heavy atom. The minimum Gasteiger partial charge on any atom is -0.369 e. The molecule has 0 aliphatic carbocycles. The van der Waals surface area contributed by atoms with Crippen LogP contribution in [-0.4, -0.2) is 19.8 Å². The van der Waals surface area contributed by atoms with E-state index in [2.05, 4.69) is 0 Å². The average Bonchev–Trinajstić information content (AvgIpc) is 1.19. The first-order valence-electron chi connectivity index (χ1n) is 1.33. The van der Waals surface area contributed by atoms with Gasteiger partial charge in [-0.05, 0) is 0 Å². The van der Waals surface area contributed by atoms with Crippen LogP contribution in [-0.2, 0) is 4.57 Å². The Hall–Kier alpha value is -0.730. The summed E-state index contributed by atoms with van der Waals surface area (Å²) in [5.74, 6) is 0. The maximum atomic E-state index is 8.88. The number of rotatable bonds is 0. The van der Waals surface area contributed by atoms with Gasteiger partial charge in [-0.2, -0.15) is 0 Å². The summed E-state index contributed by atoms with van der Waals surface area (Å²) in [5.41, 5.74) is 0. The van der Waals surface area contributed by atoms with Crippen molar-refractivity contribution in [1.29, 1.82) is 0 Å². The topological polar surface area (TPSA) is 180 Å². The van der Waals surface area contributed by atoms with E-state index in [9.17, 15) is 0 Å². The van der Waals surface area contributed by atoms with E-state index >= 15 is 0 Å². The van der Waals surface area contributed by atoms with Crippen molar-refractivity contribution in [3.63, 3.8) is 0 Å². The maximum absolute atomic E-state index is 8.88. The largest absolute Gasteiger partial charge is 0.466 e. The molecule has 0 aromatic rings. The Morgan fingerprint density at radius 3 is 1.20 bits per heavy atom. The van der Waals surface area contributed by atoms with E-state index in [1.165, 1.54) is 0 Å². The van der Waals surface area contributed by atoms with Crippen molar-refractivity contribution in [3.05, 3.63) is 15.3 Å². The summed E-state index contributed by atoms with van der Waals surface area (Å²) in [6, 6.07) is 0. The first-order chi connectivity index (χ1) is 3.73. The normalized spacial score (nSPS) is 8.30. The number of phosphoric acid groups is 1. The van der Waals surface area contributed by atoms with Crippen molar-refractivity contribution in [3.8, 4) is 0 Å². The van der Waals surface area contributed by atoms with Gasteiger partial charge < -0.3 is 36.2 Å². The van der Waals surface area contributed by atoms with Gasteiger partial charge in [0.2, 0.25) is 0 Å². The maximum Gasteiger partial charge on any atom is 0.466 e. The van der Waals surface area contributed by atoms with Crippen LogP contribution in [0.3, 0.4) is 0 Å². The Balaban J connectivity index is -0.0000000910. The lowest BCUT2D eigenvalue weighted by Gasteiger charge is -1.82. The molecule has 0 fully saturated rings. The van der Waals surface area contributed by atoms with E-state index in [-0.39, 0.29) is 6.15 Å². The Kier molecular flexibility index (Phi) is 10.3. The molecule has 0 amide bonds. The molecule has 0 aromatic heterocycles. The van der Waals surface area contributed by atoms with Crippen molar-refractivity contribution in [2.45, 2.75) is 0 Å². The SMILES string of the molecule is O=P(O)(O)O.O=[N+]([O-])[O-].[NH4+]. The molecule has 0 aromatic carbocycles. The van der Waals surface area contributed by atoms with Crippen molar-refractivity contribution in [1.82, 2.24) is 6.15 Å². The van der Waals surface area contributed by atoms with Crippen LogP contribution in [0.15, 0.2) is 0 Å². The molecule has 0 saturated carbocycles. The summed E-state index contributed by atoms with van der Waals surface area (Å²) in [5, 5.41) is 14.8. The fourth-order valence-corrected chi connectivity index (χ4v) is 0. The smallest absolute Gasteiger partial charge is 0.369 e. The molecule has 0 atom stereocenters. The lowest BCUT2D eigenvalue weighted by Crippen LogP contribution is -1.74. The molecule has 64 valence electrons. The van der Waals surface area contributed by atoms with Crippen LogP contribution in [0.25, 0.3) is 0 Å². The third-order valence-electron chi connectivity index (χ3n) is 0. The molecule has 0 aliphatic heterocycles. The van der Waals surface area contributed by atoms with E-state index in [0.29, 0.717) is 0 Å². The summed E-state index contributed by atoms with van der Waals surface area (Å²) >= 11 is 0. The molecule has 0 rings (SSSR count). The predicted octanol–water partition coefficient (Wildman–Crippen LogP) is -0.792. The van der Waals surface area contributed by atoms with Crippen LogP contribution in [0.5, 0.6) is 0 Å². The molecule has 7 N–H and O–H groups in total. The van der Waals surface area contributed by atoms with Gasteiger partial charge in [-0.25, -0.2) is 4.57 Å². The second-order valence-corrected chi connectivity index (χ2v) is 1.76. The quantitative estimate of drug-likeness (QED) is 0.213. The zero-order valence-corrected chi connectivity index (χ0v) is 5.76. The summed E-state index contributed by atoms with van der Waals surface area (Å²) in [6.07, 6.45) is 0. The highest BCUT2D eigenvalue weighted by molar-refractivity contribution is 7.45. The van der Waals surface area contributed by atoms with Crippen LogP contribution in [0.2, 0.25) is 0 Å². The minimum absolute atomic E-state index is 0. The zero-order valence-electron chi connectivity index (χ0n) is 4.87. The molecular weight excluding hydrogens is 171 g/mol. The predicted molar refractivity (Wildman–Crippen MR) is 30.6 cm³/mol. The monoisotopic (exact) mass is 178 g/mol. The number of hydrogen-bond acceptors (Lipinski definition) is 4. The minimum atomic E-state index is -4.64. The molecule has 0 unspecified atom stereocenters. The Labute approximate surface area is 54.8 Å². The lowest BCUT2D eigenvalue weighted by molar-refractivity contribution is -0.402. The van der Waals surface area contributed by atoms with Gasteiger partial charge in [0, 0.05) is 0 Å². The van der Waals surface area contributed by atoms with Crippen LogP contribution in [0.4, 0.5) is 0 Å². The Bertz CT molecular complexity index is 111. The third-order valence-corrected chi connectivity index (χ3v) is 0. The summed E-state index contributed by atoms with van der Waals surface area (Å²) in [6.45, 7) is 0. The first-order valence-corrected chi connectivity index (χ1v) is 2.90. The number of quaternary nitrogens is 1. The molecule has 0 heterocycles. The second-order valence-electron chi connectivity index (χ2n) is 0.737. The number of nitrogens with zero attached hydrogens (tertiary/aromatic N) is 1. The number of hydrogen-bond donors (Lipinski definition) is 4. The van der Waals surface area contributed by atoms with E-state index in [0.717, 1.165) is 0 Å². The van der Waals surface area contributed by atoms with Gasteiger partial charge in [-0.3, -0.25) is 0 Å². The first kappa shape index (κ1) is 16.1. The van der Waals surface area contributed by atoms with Crippen LogP contribution < -0.4 is 6.15 Å². The van der Waals surface area contributed by atoms with Gasteiger partial charge >= 0.3 is 7.82 Å². The highest BCUT2D eigenvalue weighted by Gasteiger charge is 2.00. The summed E-state index contributed by atoms with van der Waals surface area (Å²) in [4.78, 5) is 29.8. The van der Waals surface area contributed by atoms with E-state index in [4.69, 9.17) is 34.6 Å². The highest BCUT2D eigenvalue weighted by Crippen LogP contribution is 2.25. The van der Waals surface area contributed by atoms with Crippen LogP contribution in [0.1, 0.15) is 0 Å². The van der Waals surface area contributed by atoms with Gasteiger partial charge in [-0.15, -0.1) is 0 Å². The molecule has 0 bridgehead atoms. The molecule has 0 saturated heterocycles. The molecule has 0 aliphatic rings. The van der Waals surface area contributed by atoms with Gasteiger partial charge in [-0.1, -0.05) is 0 Å². The lowest BCUT2D eigenvalue weighted by atomic mass is 13.1. The molecule has 10 heavy (non-hydrogen) atoms. The summed E-state index contributed by atoms with van der Waals surface area (Å²) < 4.78 is 8.88. The molecule has 9 nitrogen and oxygen atoms in total. The average molecular weight is 178 g/mol. The van der Waals surface area contributed by atoms with E-state index < -0.39 is 12.9 Å². The van der Waals surface area contributed by atoms with Crippen LogP contribution >= 0.6 is 7.82 Å². The van der Waals surface area contributed by atoms with Gasteiger partial charge in [0.1, 0.15) is 0 Å². The fourth-order valence-electron chi connectivity index (χ4n) is 0. The van der Waals surface area contributed by atoms with Gasteiger partial charge in [0.15, 0.2) is 0 Å². The molecular formula is H7N2O7P. The van der Waals surface area contributed by atoms with Gasteiger partial charge in [0.05, 0.1) is 5.09 Å². The van der Waals surface area contributed by atoms with E-state index in [1.807, 2.05) is 0 Å². The van der Waals surface area contributed by atoms with Gasteiger partial charge in [0.25, 0.3) is 0 Å². The summed E-state index contributed by atoms with van der Waals surface area (Å²) in [7, 11) is -4.64. The van der Waals surface area contributed by atoms with Crippen molar-refractivity contribution in [2.24, 2.45) is 0 Å². The van der Waals surface area contributed by atoms with Crippen molar-refractivity contribution in [2.75, 3.05) is 0 Å². The highest BCUT2D eigenvalue weighted by atomic mass is 31.2. The fraction of sp³-hybridized carbons (Fsp3) is 0. The molecule has 0 radical (unpaired) electrons. The second kappa shape index (κ2) is 6.39. The molecule has 0 spiro atoms. The van der Waals surface area contributed by atoms with Crippen molar-refractivity contribution < 1.29 is 24.3 Å². The third kappa shape index (κ3) is 536.